The van der Waals surface area contributed by atoms with Crippen molar-refractivity contribution < 1.29 is 83.5 Å². The number of benzene rings is 3. The Hall–Kier alpha value is -1.02. The van der Waals surface area contributed by atoms with Gasteiger partial charge in [-0.15, -0.1) is 0 Å². The summed E-state index contributed by atoms with van der Waals surface area (Å²) in [5.74, 6) is 0.363. The maximum absolute atomic E-state index is 12.7. The van der Waals surface area contributed by atoms with Crippen LogP contribution in [-0.2, 0) is 33.1 Å². The molecule has 3 aromatic rings. The largest absolute Gasteiger partial charge is 1.00 e. The normalized spacial score (nSPS) is 13.1. The zero-order valence-corrected chi connectivity index (χ0v) is 26.1. The summed E-state index contributed by atoms with van der Waals surface area (Å²) in [6, 6.07) is 15.3. The Morgan fingerprint density at radius 3 is 2.22 bits per heavy atom. The van der Waals surface area contributed by atoms with Crippen molar-refractivity contribution in [1.29, 1.82) is 0 Å². The third kappa shape index (κ3) is 6.89. The van der Waals surface area contributed by atoms with E-state index in [1.54, 1.807) is 37.3 Å². The Morgan fingerprint density at radius 1 is 0.889 bits per heavy atom. The molecule has 8 nitrogen and oxygen atoms in total. The molecule has 0 amide bonds. The van der Waals surface area contributed by atoms with Crippen LogP contribution < -0.4 is 79.4 Å². The second kappa shape index (κ2) is 12.7. The number of rotatable bonds is 7. The van der Waals surface area contributed by atoms with E-state index in [1.807, 2.05) is 18.2 Å². The molecule has 0 atom stereocenters. The monoisotopic (exact) mass is 547 g/mol. The fourth-order valence-corrected chi connectivity index (χ4v) is 5.83. The van der Waals surface area contributed by atoms with E-state index >= 15 is 0 Å². The molecule has 4 rings (SSSR count). The van der Waals surface area contributed by atoms with E-state index in [4.69, 9.17) is 15.0 Å². The van der Waals surface area contributed by atoms with Crippen LogP contribution >= 0.6 is 0 Å². The van der Waals surface area contributed by atoms with E-state index in [2.05, 4.69) is 5.32 Å². The number of primary sulfonamides is 2. The van der Waals surface area contributed by atoms with Gasteiger partial charge in [0.1, 0.15) is 5.75 Å². The van der Waals surface area contributed by atoms with Crippen molar-refractivity contribution in [2.45, 2.75) is 29.8 Å². The summed E-state index contributed by atoms with van der Waals surface area (Å²) in [4.78, 5) is -0.162. The van der Waals surface area contributed by atoms with Gasteiger partial charge in [0, 0.05) is 24.7 Å². The van der Waals surface area contributed by atoms with Gasteiger partial charge in [0.15, 0.2) is 0 Å². The van der Waals surface area contributed by atoms with Gasteiger partial charge in [-0.2, -0.15) is 0 Å². The Kier molecular flexibility index (Phi) is 11.0. The van der Waals surface area contributed by atoms with E-state index in [1.165, 1.54) is 18.2 Å². The summed E-state index contributed by atoms with van der Waals surface area (Å²) in [5, 5.41) is 14.3. The summed E-state index contributed by atoms with van der Waals surface area (Å²) in [6.07, 6.45) is 3.02. The van der Waals surface area contributed by atoms with Gasteiger partial charge >= 0.3 is 59.1 Å². The number of sulfonamides is 2. The summed E-state index contributed by atoms with van der Waals surface area (Å²) in [7, 11) is -8.18. The Bertz CT molecular complexity index is 1520. The minimum Gasteiger partial charge on any atom is -1.00 e. The van der Waals surface area contributed by atoms with Crippen molar-refractivity contribution in [3.05, 3.63) is 76.9 Å². The summed E-state index contributed by atoms with van der Waals surface area (Å²) in [5.41, 5.74) is 4.03. The minimum atomic E-state index is -4.12. The van der Waals surface area contributed by atoms with Crippen LogP contribution in [0, 0.1) is 0 Å². The molecule has 0 spiro atoms. The van der Waals surface area contributed by atoms with E-state index in [-0.39, 0.29) is 71.8 Å². The first-order valence-electron chi connectivity index (χ1n) is 10.5. The second-order valence-corrected chi connectivity index (χ2v) is 10.9. The van der Waals surface area contributed by atoms with Crippen molar-refractivity contribution >= 4 is 32.2 Å². The molecule has 0 unspecified atom stereocenters. The quantitative estimate of drug-likeness (QED) is 0.213. The molecule has 36 heavy (non-hydrogen) atoms. The molecule has 0 aliphatic carbocycles. The SMILES string of the molecule is CCOc1ccc(C=Cc2cccc(-c3cccc4c3CNC4)c2S(N)(=O)=O)c(S(N)(=O)=O)c1.[H-].[H-].[Na+].[Na+]. The van der Waals surface area contributed by atoms with Crippen LogP contribution in [0.15, 0.2) is 64.4 Å². The van der Waals surface area contributed by atoms with Gasteiger partial charge in [0.25, 0.3) is 0 Å². The predicted octanol–water partition coefficient (Wildman–Crippen LogP) is -2.95. The van der Waals surface area contributed by atoms with Crippen molar-refractivity contribution in [2.24, 2.45) is 10.3 Å². The minimum absolute atomic E-state index is 0. The molecule has 182 valence electrons. The first-order valence-corrected chi connectivity index (χ1v) is 13.6. The van der Waals surface area contributed by atoms with Crippen LogP contribution in [-0.4, -0.2) is 23.4 Å². The maximum Gasteiger partial charge on any atom is 1.00 e. The van der Waals surface area contributed by atoms with Crippen LogP contribution in [0.3, 0.4) is 0 Å². The van der Waals surface area contributed by atoms with Gasteiger partial charge in [-0.3, -0.25) is 0 Å². The van der Waals surface area contributed by atoms with E-state index in [0.717, 1.165) is 16.7 Å². The van der Waals surface area contributed by atoms with Gasteiger partial charge in [0.2, 0.25) is 20.0 Å². The van der Waals surface area contributed by atoms with Gasteiger partial charge in [-0.25, -0.2) is 27.1 Å². The molecule has 0 saturated carbocycles. The molecule has 1 aliphatic rings. The Labute approximate surface area is 259 Å². The zero-order valence-electron chi connectivity index (χ0n) is 22.5. The molecule has 1 heterocycles. The maximum atomic E-state index is 12.7. The van der Waals surface area contributed by atoms with Crippen molar-refractivity contribution in [3.63, 3.8) is 0 Å². The Balaban J connectivity index is 0.00000342. The van der Waals surface area contributed by atoms with Crippen LogP contribution in [0.1, 0.15) is 32.0 Å². The average molecular weight is 548 g/mol. The van der Waals surface area contributed by atoms with Crippen LogP contribution in [0.5, 0.6) is 5.75 Å². The molecular formula is C24H27N3Na2O5S2. The van der Waals surface area contributed by atoms with Crippen molar-refractivity contribution in [2.75, 3.05) is 6.61 Å². The van der Waals surface area contributed by atoms with Crippen LogP contribution in [0.25, 0.3) is 23.3 Å². The fraction of sp³-hybridized carbons (Fsp3) is 0.167. The van der Waals surface area contributed by atoms with E-state index in [9.17, 15) is 16.8 Å². The first kappa shape index (κ1) is 31.2. The summed E-state index contributed by atoms with van der Waals surface area (Å²) in [6.45, 7) is 3.48. The molecule has 3 aromatic carbocycles. The molecule has 0 aromatic heterocycles. The standard InChI is InChI=1S/C24H25N3O5S2.2Na.2H/c1-2-32-19-12-11-16(23(13-19)33(25,28)29)9-10-17-5-3-8-21(24(17)34(26,30)31)20-7-4-6-18-14-27-15-22(18)20;;;;/h3-13,27H,2,14-15H2,1H3,(H2,25,28,29)(H2,26,30,31);;;;/q;2*+1;2*-1. The van der Waals surface area contributed by atoms with Gasteiger partial charge in [-0.05, 0) is 46.9 Å². The fourth-order valence-electron chi connectivity index (χ4n) is 4.13. The number of fused-ring (bicyclic) bond motifs is 1. The molecule has 0 bridgehead atoms. The topological polar surface area (TPSA) is 142 Å². The van der Waals surface area contributed by atoms with Gasteiger partial charge in [0.05, 0.1) is 16.4 Å². The van der Waals surface area contributed by atoms with Crippen LogP contribution in [0.4, 0.5) is 0 Å². The predicted molar refractivity (Wildman–Crippen MR) is 134 cm³/mol. The number of nitrogens with one attached hydrogen (secondary N) is 1. The summed E-state index contributed by atoms with van der Waals surface area (Å²) < 4.78 is 55.1. The van der Waals surface area contributed by atoms with Gasteiger partial charge in [-0.1, -0.05) is 48.6 Å². The first-order chi connectivity index (χ1) is 16.1. The number of nitrogens with two attached hydrogens (primary N) is 2. The number of hydrogen-bond acceptors (Lipinski definition) is 6. The Morgan fingerprint density at radius 2 is 1.56 bits per heavy atom. The molecule has 12 heteroatoms. The van der Waals surface area contributed by atoms with Crippen molar-refractivity contribution in [3.8, 4) is 16.9 Å². The third-order valence-corrected chi connectivity index (χ3v) is 7.55. The molecule has 1 aliphatic heterocycles. The molecule has 0 radical (unpaired) electrons. The van der Waals surface area contributed by atoms with Crippen molar-refractivity contribution in [1.82, 2.24) is 5.32 Å². The average Bonchev–Trinajstić information content (AvgIpc) is 3.26. The second-order valence-electron chi connectivity index (χ2n) is 7.83. The van der Waals surface area contributed by atoms with Crippen LogP contribution in [0.2, 0.25) is 0 Å². The smallest absolute Gasteiger partial charge is 1.00 e. The molecule has 5 N–H and O–H groups in total. The number of hydrogen-bond donors (Lipinski definition) is 3. The zero-order chi connectivity index (χ0) is 24.5. The molecule has 0 saturated heterocycles. The number of ether oxygens (including phenoxy) is 1. The molecule has 0 fully saturated rings. The third-order valence-electron chi connectivity index (χ3n) is 5.56. The molecular weight excluding hydrogens is 520 g/mol. The van der Waals surface area contributed by atoms with Gasteiger partial charge < -0.3 is 12.9 Å². The van der Waals surface area contributed by atoms with E-state index < -0.39 is 20.0 Å². The van der Waals surface area contributed by atoms with E-state index in [0.29, 0.717) is 42.1 Å². The summed E-state index contributed by atoms with van der Waals surface area (Å²) >= 11 is 0.